The van der Waals surface area contributed by atoms with Crippen molar-refractivity contribution >= 4 is 40.0 Å². The molecule has 0 unspecified atom stereocenters. The van der Waals surface area contributed by atoms with Gasteiger partial charge in [0.25, 0.3) is 0 Å². The number of amides is 2. The number of hydrogen-bond acceptors (Lipinski definition) is 5. The van der Waals surface area contributed by atoms with Gasteiger partial charge in [-0.15, -0.1) is 23.1 Å². The predicted octanol–water partition coefficient (Wildman–Crippen LogP) is 2.41. The third-order valence-electron chi connectivity index (χ3n) is 4.50. The van der Waals surface area contributed by atoms with Gasteiger partial charge < -0.3 is 10.2 Å². The van der Waals surface area contributed by atoms with Gasteiger partial charge in [0.1, 0.15) is 6.04 Å². The number of thiazole rings is 1. The van der Waals surface area contributed by atoms with Gasteiger partial charge in [-0.3, -0.25) is 9.59 Å². The van der Waals surface area contributed by atoms with Gasteiger partial charge in [0.2, 0.25) is 11.8 Å². The number of carbonyl (C=O) groups excluding carboxylic acids is 2. The summed E-state index contributed by atoms with van der Waals surface area (Å²) in [4.78, 5) is 30.6. The SMILES string of the molecule is C[C@]12CCC(=O)N1[C@H](C(=O)Nc1nc(C3CC3)cs1)CS2. The van der Waals surface area contributed by atoms with Crippen molar-refractivity contribution in [2.45, 2.75) is 49.4 Å². The standard InChI is InChI=1S/C14H17N3O2S2/c1-14-5-4-11(18)17(14)10(7-21-14)12(19)16-13-15-9(6-20-13)8-2-3-8/h6,8,10H,2-5,7H2,1H3,(H,15,16,19)/t10-,14-/m0/s1. The van der Waals surface area contributed by atoms with Gasteiger partial charge in [0, 0.05) is 23.5 Å². The lowest BCUT2D eigenvalue weighted by atomic mass is 10.2. The Labute approximate surface area is 131 Å². The molecule has 2 atom stereocenters. The van der Waals surface area contributed by atoms with E-state index in [1.165, 1.54) is 24.2 Å². The molecule has 2 saturated heterocycles. The van der Waals surface area contributed by atoms with E-state index in [1.807, 2.05) is 5.38 Å². The summed E-state index contributed by atoms with van der Waals surface area (Å²) in [6.07, 6.45) is 3.80. The zero-order valence-electron chi connectivity index (χ0n) is 11.8. The van der Waals surface area contributed by atoms with Crippen molar-refractivity contribution in [3.8, 4) is 0 Å². The molecule has 1 saturated carbocycles. The maximum atomic E-state index is 12.5. The van der Waals surface area contributed by atoms with Crippen LogP contribution in [0, 0.1) is 0 Å². The molecule has 3 fully saturated rings. The van der Waals surface area contributed by atoms with Crippen LogP contribution in [-0.4, -0.2) is 38.4 Å². The lowest BCUT2D eigenvalue weighted by Gasteiger charge is -2.29. The van der Waals surface area contributed by atoms with Crippen LogP contribution in [0.1, 0.15) is 44.2 Å². The quantitative estimate of drug-likeness (QED) is 0.928. The van der Waals surface area contributed by atoms with Crippen molar-refractivity contribution in [3.05, 3.63) is 11.1 Å². The minimum atomic E-state index is -0.358. The van der Waals surface area contributed by atoms with Gasteiger partial charge in [-0.05, 0) is 26.2 Å². The van der Waals surface area contributed by atoms with Crippen LogP contribution in [0.5, 0.6) is 0 Å². The summed E-state index contributed by atoms with van der Waals surface area (Å²) in [6, 6.07) is -0.358. The molecule has 112 valence electrons. The molecule has 2 aliphatic heterocycles. The maximum absolute atomic E-state index is 12.5. The topological polar surface area (TPSA) is 62.3 Å². The summed E-state index contributed by atoms with van der Waals surface area (Å²) in [5.74, 6) is 1.27. The Kier molecular flexibility index (Phi) is 3.04. The van der Waals surface area contributed by atoms with Crippen molar-refractivity contribution in [1.29, 1.82) is 0 Å². The minimum absolute atomic E-state index is 0.0976. The lowest BCUT2D eigenvalue weighted by molar-refractivity contribution is -0.135. The summed E-state index contributed by atoms with van der Waals surface area (Å²) >= 11 is 3.19. The molecule has 3 heterocycles. The number of nitrogens with one attached hydrogen (secondary N) is 1. The smallest absolute Gasteiger partial charge is 0.249 e. The minimum Gasteiger partial charge on any atom is -0.315 e. The molecule has 3 aliphatic rings. The molecule has 1 aliphatic carbocycles. The maximum Gasteiger partial charge on any atom is 0.249 e. The van der Waals surface area contributed by atoms with Crippen LogP contribution >= 0.6 is 23.1 Å². The molecule has 21 heavy (non-hydrogen) atoms. The molecule has 0 aromatic carbocycles. The second-order valence-electron chi connectivity index (χ2n) is 6.11. The average Bonchev–Trinajstić information content (AvgIpc) is 2.99. The fourth-order valence-electron chi connectivity index (χ4n) is 3.11. The Balaban J connectivity index is 1.48. The van der Waals surface area contributed by atoms with Crippen LogP contribution in [0.2, 0.25) is 0 Å². The van der Waals surface area contributed by atoms with Crippen molar-refractivity contribution in [2.24, 2.45) is 0 Å². The first-order valence-electron chi connectivity index (χ1n) is 7.29. The third-order valence-corrected chi connectivity index (χ3v) is 6.78. The van der Waals surface area contributed by atoms with Gasteiger partial charge in [-0.2, -0.15) is 0 Å². The first kappa shape index (κ1) is 13.6. The highest BCUT2D eigenvalue weighted by Gasteiger charge is 2.52. The van der Waals surface area contributed by atoms with E-state index in [0.717, 1.165) is 12.1 Å². The van der Waals surface area contributed by atoms with E-state index in [0.29, 0.717) is 23.2 Å². The second-order valence-corrected chi connectivity index (χ2v) is 8.47. The third kappa shape index (κ3) is 2.26. The van der Waals surface area contributed by atoms with Crippen molar-refractivity contribution < 1.29 is 9.59 Å². The van der Waals surface area contributed by atoms with Crippen molar-refractivity contribution in [1.82, 2.24) is 9.88 Å². The van der Waals surface area contributed by atoms with E-state index >= 15 is 0 Å². The largest absolute Gasteiger partial charge is 0.315 e. The van der Waals surface area contributed by atoms with Crippen LogP contribution in [0.15, 0.2) is 5.38 Å². The Morgan fingerprint density at radius 3 is 3.10 bits per heavy atom. The highest BCUT2D eigenvalue weighted by Crippen LogP contribution is 2.47. The molecule has 5 nitrogen and oxygen atoms in total. The second kappa shape index (κ2) is 4.71. The molecule has 4 rings (SSSR count). The summed E-state index contributed by atoms with van der Waals surface area (Å²) in [6.45, 7) is 2.06. The molecule has 2 amide bonds. The number of fused-ring (bicyclic) bond motifs is 1. The number of aromatic nitrogens is 1. The fourth-order valence-corrected chi connectivity index (χ4v) is 5.34. The molecular formula is C14H17N3O2S2. The van der Waals surface area contributed by atoms with Gasteiger partial charge in [-0.25, -0.2) is 4.98 Å². The monoisotopic (exact) mass is 323 g/mol. The lowest BCUT2D eigenvalue weighted by Crippen LogP contribution is -2.48. The molecule has 0 radical (unpaired) electrons. The molecule has 7 heteroatoms. The molecule has 1 aromatic rings. The highest BCUT2D eigenvalue weighted by atomic mass is 32.2. The predicted molar refractivity (Wildman–Crippen MR) is 83.4 cm³/mol. The zero-order valence-corrected chi connectivity index (χ0v) is 13.4. The number of nitrogens with zero attached hydrogens (tertiary/aromatic N) is 2. The van der Waals surface area contributed by atoms with Gasteiger partial charge >= 0.3 is 0 Å². The number of carbonyl (C=O) groups is 2. The molecule has 0 spiro atoms. The summed E-state index contributed by atoms with van der Waals surface area (Å²) in [7, 11) is 0. The first-order valence-corrected chi connectivity index (χ1v) is 9.16. The highest BCUT2D eigenvalue weighted by molar-refractivity contribution is 8.01. The fraction of sp³-hybridized carbons (Fsp3) is 0.643. The summed E-state index contributed by atoms with van der Waals surface area (Å²) < 4.78 is 0. The van der Waals surface area contributed by atoms with Crippen LogP contribution in [0.4, 0.5) is 5.13 Å². The van der Waals surface area contributed by atoms with Crippen LogP contribution in [0.3, 0.4) is 0 Å². The van der Waals surface area contributed by atoms with Crippen LogP contribution in [0.25, 0.3) is 0 Å². The van der Waals surface area contributed by atoms with E-state index in [9.17, 15) is 9.59 Å². The number of hydrogen-bond donors (Lipinski definition) is 1. The molecule has 0 bridgehead atoms. The van der Waals surface area contributed by atoms with E-state index in [4.69, 9.17) is 0 Å². The molecule has 1 N–H and O–H groups in total. The van der Waals surface area contributed by atoms with Crippen LogP contribution < -0.4 is 5.32 Å². The van der Waals surface area contributed by atoms with E-state index < -0.39 is 0 Å². The number of anilines is 1. The summed E-state index contributed by atoms with van der Waals surface area (Å²) in [5.41, 5.74) is 1.10. The van der Waals surface area contributed by atoms with Crippen molar-refractivity contribution in [3.63, 3.8) is 0 Å². The average molecular weight is 323 g/mol. The van der Waals surface area contributed by atoms with Crippen molar-refractivity contribution in [2.75, 3.05) is 11.1 Å². The van der Waals surface area contributed by atoms with E-state index in [1.54, 1.807) is 16.7 Å². The first-order chi connectivity index (χ1) is 10.1. The van der Waals surface area contributed by atoms with E-state index in [2.05, 4.69) is 17.2 Å². The molecular weight excluding hydrogens is 306 g/mol. The summed E-state index contributed by atoms with van der Waals surface area (Å²) in [5, 5.41) is 5.59. The van der Waals surface area contributed by atoms with Crippen LogP contribution in [-0.2, 0) is 9.59 Å². The Morgan fingerprint density at radius 2 is 2.33 bits per heavy atom. The van der Waals surface area contributed by atoms with Gasteiger partial charge in [0.15, 0.2) is 5.13 Å². The molecule has 1 aromatic heterocycles. The Morgan fingerprint density at radius 1 is 1.52 bits per heavy atom. The Hall–Kier alpha value is -1.08. The normalized spacial score (nSPS) is 31.6. The zero-order chi connectivity index (χ0) is 14.6. The van der Waals surface area contributed by atoms with E-state index in [-0.39, 0.29) is 22.7 Å². The number of thioether (sulfide) groups is 1. The number of rotatable bonds is 3. The van der Waals surface area contributed by atoms with Gasteiger partial charge in [-0.1, -0.05) is 0 Å². The van der Waals surface area contributed by atoms with Gasteiger partial charge in [0.05, 0.1) is 10.6 Å². The Bertz CT molecular complexity index is 613.